The Balaban J connectivity index is 2.38. The highest BCUT2D eigenvalue weighted by molar-refractivity contribution is 5.90. The Kier molecular flexibility index (Phi) is 3.08. The number of rotatable bonds is 3. The number of carboxylic acids is 1. The van der Waals surface area contributed by atoms with Crippen LogP contribution in [0.1, 0.15) is 16.7 Å². The molecule has 110 valence electrons. The van der Waals surface area contributed by atoms with Crippen LogP contribution in [0.2, 0.25) is 0 Å². The largest absolute Gasteiger partial charge is 0.493 e. The predicted octanol–water partition coefficient (Wildman–Crippen LogP) is 1.67. The Morgan fingerprint density at radius 3 is 2.90 bits per heavy atom. The predicted molar refractivity (Wildman–Crippen MR) is 74.3 cm³/mol. The minimum atomic E-state index is -1.06. The molecule has 6 heteroatoms. The van der Waals surface area contributed by atoms with Crippen LogP contribution < -0.4 is 15.1 Å². The van der Waals surface area contributed by atoms with E-state index in [1.54, 1.807) is 13.0 Å². The molecule has 0 spiro atoms. The quantitative estimate of drug-likeness (QED) is 0.865. The summed E-state index contributed by atoms with van der Waals surface area (Å²) >= 11 is 0. The molecule has 2 heterocycles. The highest BCUT2D eigenvalue weighted by atomic mass is 16.5. The second kappa shape index (κ2) is 4.80. The van der Waals surface area contributed by atoms with Crippen molar-refractivity contribution < 1.29 is 23.8 Å². The maximum Gasteiger partial charge on any atom is 0.340 e. The van der Waals surface area contributed by atoms with Crippen LogP contribution in [0.5, 0.6) is 11.5 Å². The van der Waals surface area contributed by atoms with E-state index < -0.39 is 11.6 Å². The topological polar surface area (TPSA) is 86.0 Å². The van der Waals surface area contributed by atoms with E-state index in [0.717, 1.165) is 10.9 Å². The van der Waals surface area contributed by atoms with Gasteiger partial charge < -0.3 is 19.0 Å². The van der Waals surface area contributed by atoms with Crippen LogP contribution in [0.15, 0.2) is 15.3 Å². The van der Waals surface area contributed by atoms with Crippen molar-refractivity contribution in [1.29, 1.82) is 0 Å². The molecular formula is C15H14O6. The van der Waals surface area contributed by atoms with E-state index in [2.05, 4.69) is 0 Å². The first-order chi connectivity index (χ1) is 10.0. The summed E-state index contributed by atoms with van der Waals surface area (Å²) in [6, 6.07) is 1.61. The van der Waals surface area contributed by atoms with Gasteiger partial charge in [0.2, 0.25) is 0 Å². The maximum absolute atomic E-state index is 12.0. The fraction of sp³-hybridized carbons (Fsp3) is 0.333. The van der Waals surface area contributed by atoms with Gasteiger partial charge in [0.25, 0.3) is 0 Å². The monoisotopic (exact) mass is 290 g/mol. The van der Waals surface area contributed by atoms with Gasteiger partial charge in [0.05, 0.1) is 25.7 Å². The van der Waals surface area contributed by atoms with Crippen molar-refractivity contribution in [1.82, 2.24) is 0 Å². The molecule has 0 saturated carbocycles. The first kappa shape index (κ1) is 13.5. The molecule has 0 saturated heterocycles. The number of fused-ring (bicyclic) bond motifs is 3. The molecule has 1 aliphatic heterocycles. The lowest BCUT2D eigenvalue weighted by molar-refractivity contribution is -0.136. The molecule has 6 nitrogen and oxygen atoms in total. The number of carbonyl (C=O) groups is 1. The average Bonchev–Trinajstić information content (AvgIpc) is 2.90. The van der Waals surface area contributed by atoms with Crippen LogP contribution in [0.3, 0.4) is 0 Å². The van der Waals surface area contributed by atoms with Crippen LogP contribution in [-0.2, 0) is 17.6 Å². The van der Waals surface area contributed by atoms with E-state index in [0.29, 0.717) is 35.7 Å². The normalized spacial score (nSPS) is 13.0. The summed E-state index contributed by atoms with van der Waals surface area (Å²) in [6.45, 7) is 2.26. The zero-order chi connectivity index (χ0) is 15.1. The fourth-order valence-corrected chi connectivity index (χ4v) is 2.78. The number of aryl methyl sites for hydroxylation is 1. The lowest BCUT2D eigenvalue weighted by atomic mass is 9.98. The van der Waals surface area contributed by atoms with Crippen molar-refractivity contribution in [2.45, 2.75) is 19.8 Å². The number of hydrogen-bond donors (Lipinski definition) is 1. The Morgan fingerprint density at radius 1 is 1.48 bits per heavy atom. The van der Waals surface area contributed by atoms with Gasteiger partial charge in [0.15, 0.2) is 11.5 Å². The van der Waals surface area contributed by atoms with Gasteiger partial charge in [-0.3, -0.25) is 4.79 Å². The Labute approximate surface area is 119 Å². The smallest absolute Gasteiger partial charge is 0.340 e. The summed E-state index contributed by atoms with van der Waals surface area (Å²) in [5, 5.41) is 9.69. The van der Waals surface area contributed by atoms with Gasteiger partial charge in [0, 0.05) is 23.4 Å². The molecule has 1 aliphatic rings. The van der Waals surface area contributed by atoms with Crippen LogP contribution in [-0.4, -0.2) is 24.8 Å². The summed E-state index contributed by atoms with van der Waals surface area (Å²) < 4.78 is 16.1. The summed E-state index contributed by atoms with van der Waals surface area (Å²) in [4.78, 5) is 22.9. The molecule has 0 radical (unpaired) electrons. The van der Waals surface area contributed by atoms with Crippen LogP contribution >= 0.6 is 0 Å². The van der Waals surface area contributed by atoms with E-state index in [1.807, 2.05) is 0 Å². The first-order valence-corrected chi connectivity index (χ1v) is 6.53. The molecule has 3 rings (SSSR count). The van der Waals surface area contributed by atoms with E-state index >= 15 is 0 Å². The Bertz CT molecular complexity index is 802. The van der Waals surface area contributed by atoms with Gasteiger partial charge in [-0.2, -0.15) is 0 Å². The van der Waals surface area contributed by atoms with Crippen LogP contribution in [0, 0.1) is 6.92 Å². The third-order valence-corrected chi connectivity index (χ3v) is 3.73. The Morgan fingerprint density at radius 2 is 2.24 bits per heavy atom. The lowest BCUT2D eigenvalue weighted by Gasteiger charge is -2.12. The van der Waals surface area contributed by atoms with E-state index in [9.17, 15) is 9.59 Å². The van der Waals surface area contributed by atoms with Crippen molar-refractivity contribution in [3.8, 4) is 11.5 Å². The highest BCUT2D eigenvalue weighted by Crippen LogP contribution is 2.42. The zero-order valence-corrected chi connectivity index (χ0v) is 11.7. The minimum Gasteiger partial charge on any atom is -0.493 e. The number of hydrogen-bond acceptors (Lipinski definition) is 5. The van der Waals surface area contributed by atoms with Crippen LogP contribution in [0.25, 0.3) is 11.0 Å². The van der Waals surface area contributed by atoms with E-state index in [-0.39, 0.29) is 12.0 Å². The number of methoxy groups -OCH3 is 1. The Hall–Kier alpha value is -2.50. The molecule has 1 aromatic carbocycles. The van der Waals surface area contributed by atoms with Gasteiger partial charge in [-0.15, -0.1) is 0 Å². The number of aliphatic carboxylic acids is 1. The standard InChI is InChI=1S/C15H14O6/c1-7-9(5-12(16)17)15(18)21-10-6-11(19-2)14-8(13(7)10)3-4-20-14/h6H,3-5H2,1-2H3,(H,16,17). The van der Waals surface area contributed by atoms with Crippen molar-refractivity contribution in [3.63, 3.8) is 0 Å². The van der Waals surface area contributed by atoms with Gasteiger partial charge in [-0.1, -0.05) is 0 Å². The molecule has 0 fully saturated rings. The SMILES string of the molecule is COc1cc2oc(=O)c(CC(=O)O)c(C)c2c2c1OCC2. The number of benzene rings is 1. The molecule has 0 aliphatic carbocycles. The summed E-state index contributed by atoms with van der Waals surface area (Å²) in [6.07, 6.45) is 0.315. The molecule has 1 aromatic heterocycles. The molecule has 0 amide bonds. The van der Waals surface area contributed by atoms with Crippen LogP contribution in [0.4, 0.5) is 0 Å². The summed E-state index contributed by atoms with van der Waals surface area (Å²) in [5.41, 5.74) is 1.48. The van der Waals surface area contributed by atoms with Crippen molar-refractivity contribution in [3.05, 3.63) is 33.2 Å². The third-order valence-electron chi connectivity index (χ3n) is 3.73. The lowest BCUT2D eigenvalue weighted by Crippen LogP contribution is -2.15. The third kappa shape index (κ3) is 2.03. The fourth-order valence-electron chi connectivity index (χ4n) is 2.78. The molecule has 0 unspecified atom stereocenters. The molecular weight excluding hydrogens is 276 g/mol. The second-order valence-electron chi connectivity index (χ2n) is 4.92. The minimum absolute atomic E-state index is 0.175. The van der Waals surface area contributed by atoms with E-state index in [4.69, 9.17) is 19.0 Å². The van der Waals surface area contributed by atoms with Crippen molar-refractivity contribution in [2.24, 2.45) is 0 Å². The summed E-state index contributed by atoms with van der Waals surface area (Å²) in [5.74, 6) is 0.0953. The molecule has 21 heavy (non-hydrogen) atoms. The first-order valence-electron chi connectivity index (χ1n) is 6.53. The molecule has 2 aromatic rings. The molecule has 1 N–H and O–H groups in total. The van der Waals surface area contributed by atoms with Crippen molar-refractivity contribution >= 4 is 16.9 Å². The van der Waals surface area contributed by atoms with E-state index in [1.165, 1.54) is 7.11 Å². The number of ether oxygens (including phenoxy) is 2. The van der Waals surface area contributed by atoms with Crippen molar-refractivity contribution in [2.75, 3.05) is 13.7 Å². The van der Waals surface area contributed by atoms with Gasteiger partial charge in [-0.25, -0.2) is 4.79 Å². The van der Waals surface area contributed by atoms with Gasteiger partial charge >= 0.3 is 11.6 Å². The molecule has 0 bridgehead atoms. The van der Waals surface area contributed by atoms with Gasteiger partial charge in [-0.05, 0) is 12.5 Å². The number of carboxylic acid groups (broad SMARTS) is 1. The summed E-state index contributed by atoms with van der Waals surface area (Å²) in [7, 11) is 1.52. The maximum atomic E-state index is 12.0. The van der Waals surface area contributed by atoms with Gasteiger partial charge in [0.1, 0.15) is 5.58 Å². The average molecular weight is 290 g/mol. The zero-order valence-electron chi connectivity index (χ0n) is 11.7. The highest BCUT2D eigenvalue weighted by Gasteiger charge is 2.25. The second-order valence-corrected chi connectivity index (χ2v) is 4.92. The molecule has 0 atom stereocenters.